The Morgan fingerprint density at radius 1 is 1.03 bits per heavy atom. The van der Waals surface area contributed by atoms with Crippen LogP contribution in [-0.2, 0) is 16.2 Å². The highest BCUT2D eigenvalue weighted by atomic mass is 16.7. The zero-order valence-electron chi connectivity index (χ0n) is 18.7. The summed E-state index contributed by atoms with van der Waals surface area (Å²) in [6.07, 6.45) is 2.60. The van der Waals surface area contributed by atoms with E-state index in [1.165, 1.54) is 0 Å². The highest BCUT2D eigenvalue weighted by molar-refractivity contribution is 6.00. The highest BCUT2D eigenvalue weighted by Crippen LogP contribution is 2.40. The standard InChI is InChI=1S/C26H27N3O4/c1-19-23(24(27-33-19)21-10-6-3-7-11-21)25(31)28-16-14-26(15-17-28)13-12-22(30)29(26)32-18-20-8-4-2-5-9-20/h2-11H,12-18H2,1H3. The number of hydroxylamine groups is 2. The van der Waals surface area contributed by atoms with Crippen LogP contribution in [0.3, 0.4) is 0 Å². The summed E-state index contributed by atoms with van der Waals surface area (Å²) in [7, 11) is 0. The fourth-order valence-corrected chi connectivity index (χ4v) is 4.88. The Hall–Kier alpha value is -3.45. The second kappa shape index (κ2) is 8.83. The molecule has 0 saturated carbocycles. The van der Waals surface area contributed by atoms with Crippen molar-refractivity contribution in [3.63, 3.8) is 0 Å². The Bertz CT molecular complexity index is 1130. The van der Waals surface area contributed by atoms with Gasteiger partial charge in [0.15, 0.2) is 0 Å². The molecule has 33 heavy (non-hydrogen) atoms. The van der Waals surface area contributed by atoms with Gasteiger partial charge in [-0.05, 0) is 31.7 Å². The number of hydrogen-bond acceptors (Lipinski definition) is 5. The number of nitrogens with zero attached hydrogens (tertiary/aromatic N) is 3. The van der Waals surface area contributed by atoms with Gasteiger partial charge in [0.2, 0.25) is 5.91 Å². The number of aromatic nitrogens is 1. The van der Waals surface area contributed by atoms with Crippen LogP contribution in [0.2, 0.25) is 0 Å². The molecule has 2 aliphatic heterocycles. The van der Waals surface area contributed by atoms with E-state index in [1.54, 1.807) is 12.0 Å². The number of likely N-dealkylation sites (tertiary alicyclic amines) is 1. The first-order valence-corrected chi connectivity index (χ1v) is 11.4. The first kappa shape index (κ1) is 21.4. The van der Waals surface area contributed by atoms with E-state index in [9.17, 15) is 9.59 Å². The number of amides is 2. The van der Waals surface area contributed by atoms with Gasteiger partial charge in [-0.3, -0.25) is 14.4 Å². The summed E-state index contributed by atoms with van der Waals surface area (Å²) in [5, 5.41) is 5.75. The van der Waals surface area contributed by atoms with E-state index < -0.39 is 0 Å². The minimum absolute atomic E-state index is 0.0203. The van der Waals surface area contributed by atoms with Gasteiger partial charge in [-0.2, -0.15) is 0 Å². The smallest absolute Gasteiger partial charge is 0.259 e. The predicted octanol–water partition coefficient (Wildman–Crippen LogP) is 4.38. The van der Waals surface area contributed by atoms with Crippen LogP contribution in [0.4, 0.5) is 0 Å². The maximum Gasteiger partial charge on any atom is 0.259 e. The SMILES string of the molecule is Cc1onc(-c2ccccc2)c1C(=O)N1CCC2(CCC(=O)N2OCc2ccccc2)CC1. The third-order valence-electron chi connectivity index (χ3n) is 6.77. The molecule has 3 aromatic rings. The quantitative estimate of drug-likeness (QED) is 0.583. The molecule has 2 aromatic carbocycles. The Morgan fingerprint density at radius 2 is 1.70 bits per heavy atom. The van der Waals surface area contributed by atoms with Crippen molar-refractivity contribution < 1.29 is 18.9 Å². The normalized spacial score (nSPS) is 17.7. The molecule has 0 unspecified atom stereocenters. The molecule has 5 rings (SSSR count). The Kier molecular flexibility index (Phi) is 5.72. The predicted molar refractivity (Wildman–Crippen MR) is 122 cm³/mol. The molecule has 0 atom stereocenters. The monoisotopic (exact) mass is 445 g/mol. The van der Waals surface area contributed by atoms with E-state index >= 15 is 0 Å². The lowest BCUT2D eigenvalue weighted by molar-refractivity contribution is -0.221. The van der Waals surface area contributed by atoms with Crippen molar-refractivity contribution in [2.45, 2.75) is 44.8 Å². The average Bonchev–Trinajstić information content (AvgIpc) is 3.39. The maximum atomic E-state index is 13.4. The Labute approximate surface area is 192 Å². The maximum absolute atomic E-state index is 13.4. The van der Waals surface area contributed by atoms with Crippen LogP contribution >= 0.6 is 0 Å². The summed E-state index contributed by atoms with van der Waals surface area (Å²) >= 11 is 0. The molecule has 0 aliphatic carbocycles. The first-order valence-electron chi connectivity index (χ1n) is 11.4. The zero-order chi connectivity index (χ0) is 22.8. The molecule has 7 heteroatoms. The molecular formula is C26H27N3O4. The van der Waals surface area contributed by atoms with Crippen LogP contribution < -0.4 is 0 Å². The van der Waals surface area contributed by atoms with Crippen molar-refractivity contribution >= 4 is 11.8 Å². The van der Waals surface area contributed by atoms with Gasteiger partial charge >= 0.3 is 0 Å². The van der Waals surface area contributed by atoms with Gasteiger partial charge in [-0.1, -0.05) is 65.8 Å². The topological polar surface area (TPSA) is 75.9 Å². The molecule has 2 amide bonds. The van der Waals surface area contributed by atoms with Crippen LogP contribution in [-0.4, -0.2) is 45.6 Å². The average molecular weight is 446 g/mol. The summed E-state index contributed by atoms with van der Waals surface area (Å²) in [4.78, 5) is 33.9. The van der Waals surface area contributed by atoms with Gasteiger partial charge in [0, 0.05) is 25.1 Å². The van der Waals surface area contributed by atoms with Gasteiger partial charge in [0.05, 0.1) is 5.54 Å². The largest absolute Gasteiger partial charge is 0.360 e. The summed E-state index contributed by atoms with van der Waals surface area (Å²) in [6.45, 7) is 3.23. The molecular weight excluding hydrogens is 418 g/mol. The van der Waals surface area contributed by atoms with Crippen molar-refractivity contribution in [2.75, 3.05) is 13.1 Å². The van der Waals surface area contributed by atoms with Crippen molar-refractivity contribution in [3.8, 4) is 11.3 Å². The number of rotatable bonds is 5. The number of aryl methyl sites for hydroxylation is 1. The second-order valence-corrected chi connectivity index (χ2v) is 8.79. The van der Waals surface area contributed by atoms with E-state index in [0.29, 0.717) is 56.0 Å². The second-order valence-electron chi connectivity index (χ2n) is 8.79. The fraction of sp³-hybridized carbons (Fsp3) is 0.346. The third kappa shape index (κ3) is 4.04. The number of piperidine rings is 1. The summed E-state index contributed by atoms with van der Waals surface area (Å²) in [6, 6.07) is 19.5. The molecule has 2 fully saturated rings. The molecule has 0 radical (unpaired) electrons. The van der Waals surface area contributed by atoms with Crippen LogP contribution in [0.15, 0.2) is 65.2 Å². The van der Waals surface area contributed by atoms with E-state index in [1.807, 2.05) is 65.6 Å². The van der Waals surface area contributed by atoms with Gasteiger partial charge in [-0.25, -0.2) is 5.06 Å². The number of carbonyl (C=O) groups excluding carboxylic acids is 2. The number of hydrogen-bond donors (Lipinski definition) is 0. The summed E-state index contributed by atoms with van der Waals surface area (Å²) in [5.74, 6) is 0.457. The molecule has 170 valence electrons. The molecule has 0 N–H and O–H groups in total. The van der Waals surface area contributed by atoms with Crippen molar-refractivity contribution in [1.82, 2.24) is 15.1 Å². The molecule has 0 bridgehead atoms. The Morgan fingerprint density at radius 3 is 2.39 bits per heavy atom. The highest BCUT2D eigenvalue weighted by Gasteiger charge is 2.49. The lowest BCUT2D eigenvalue weighted by Gasteiger charge is -2.43. The van der Waals surface area contributed by atoms with Gasteiger partial charge < -0.3 is 9.42 Å². The van der Waals surface area contributed by atoms with Crippen LogP contribution in [0.5, 0.6) is 0 Å². The molecule has 3 heterocycles. The van der Waals surface area contributed by atoms with Crippen molar-refractivity contribution in [3.05, 3.63) is 77.6 Å². The number of benzene rings is 2. The van der Waals surface area contributed by atoms with Gasteiger partial charge in [0.25, 0.3) is 5.91 Å². The van der Waals surface area contributed by atoms with E-state index in [0.717, 1.165) is 17.5 Å². The van der Waals surface area contributed by atoms with E-state index in [-0.39, 0.29) is 17.4 Å². The van der Waals surface area contributed by atoms with Crippen LogP contribution in [0.25, 0.3) is 11.3 Å². The molecule has 1 aromatic heterocycles. The molecule has 7 nitrogen and oxygen atoms in total. The molecule has 1 spiro atoms. The zero-order valence-corrected chi connectivity index (χ0v) is 18.7. The van der Waals surface area contributed by atoms with Gasteiger partial charge in [-0.15, -0.1) is 0 Å². The van der Waals surface area contributed by atoms with Gasteiger partial charge in [0.1, 0.15) is 23.6 Å². The number of carbonyl (C=O) groups is 2. The van der Waals surface area contributed by atoms with Crippen molar-refractivity contribution in [2.24, 2.45) is 0 Å². The van der Waals surface area contributed by atoms with E-state index in [4.69, 9.17) is 9.36 Å². The first-order chi connectivity index (χ1) is 16.1. The van der Waals surface area contributed by atoms with Crippen LogP contribution in [0, 0.1) is 6.92 Å². The minimum Gasteiger partial charge on any atom is -0.360 e. The third-order valence-corrected chi connectivity index (χ3v) is 6.77. The minimum atomic E-state index is -0.353. The van der Waals surface area contributed by atoms with Crippen molar-refractivity contribution in [1.29, 1.82) is 0 Å². The van der Waals surface area contributed by atoms with Crippen LogP contribution in [0.1, 0.15) is 47.4 Å². The lowest BCUT2D eigenvalue weighted by atomic mass is 9.85. The fourth-order valence-electron chi connectivity index (χ4n) is 4.88. The molecule has 2 aliphatic rings. The molecule has 2 saturated heterocycles. The Balaban J connectivity index is 1.29. The lowest BCUT2D eigenvalue weighted by Crippen LogP contribution is -2.54. The summed E-state index contributed by atoms with van der Waals surface area (Å²) < 4.78 is 5.39. The van der Waals surface area contributed by atoms with E-state index in [2.05, 4.69) is 5.16 Å². The summed E-state index contributed by atoms with van der Waals surface area (Å²) in [5.41, 5.74) is 2.61.